The van der Waals surface area contributed by atoms with Crippen LogP contribution in [0.25, 0.3) is 0 Å². The van der Waals surface area contributed by atoms with Crippen molar-refractivity contribution in [2.45, 2.75) is 6.92 Å². The minimum atomic E-state index is -0.326. The molecule has 0 spiro atoms. The molecule has 1 aromatic carbocycles. The van der Waals surface area contributed by atoms with E-state index in [-0.39, 0.29) is 5.82 Å². The molecule has 5 heteroatoms. The van der Waals surface area contributed by atoms with Gasteiger partial charge in [0.15, 0.2) is 0 Å². The molecule has 0 aromatic heterocycles. The first-order chi connectivity index (χ1) is 6.00. The summed E-state index contributed by atoms with van der Waals surface area (Å²) in [6.07, 6.45) is 0. The molecular weight excluding hydrogens is 321 g/mol. The van der Waals surface area contributed by atoms with Gasteiger partial charge in [-0.15, -0.1) is 0 Å². The zero-order valence-electron chi connectivity index (χ0n) is 6.70. The number of hydrogen-bond donors (Lipinski definition) is 1. The number of nitrogens with one attached hydrogen (secondary N) is 1. The summed E-state index contributed by atoms with van der Waals surface area (Å²) in [6.45, 7) is 1.74. The van der Waals surface area contributed by atoms with Crippen LogP contribution in [0.4, 0.5) is 10.1 Å². The lowest BCUT2D eigenvalue weighted by Gasteiger charge is -2.07. The van der Waals surface area contributed by atoms with E-state index in [1.165, 1.54) is 6.07 Å². The molecule has 0 heterocycles. The third-order valence-electron chi connectivity index (χ3n) is 1.30. The van der Waals surface area contributed by atoms with Crippen molar-refractivity contribution < 1.29 is 4.39 Å². The van der Waals surface area contributed by atoms with Crippen LogP contribution in [0.5, 0.6) is 0 Å². The Balaban J connectivity index is 3.12. The molecule has 1 N–H and O–H groups in total. The van der Waals surface area contributed by atoms with Crippen LogP contribution in [0.3, 0.4) is 0 Å². The van der Waals surface area contributed by atoms with Crippen LogP contribution in [0, 0.1) is 5.82 Å². The predicted molar refractivity (Wildman–Crippen MR) is 63.7 cm³/mol. The van der Waals surface area contributed by atoms with E-state index in [1.54, 1.807) is 13.0 Å². The van der Waals surface area contributed by atoms with Crippen molar-refractivity contribution in [3.05, 3.63) is 26.9 Å². The molecule has 0 aliphatic rings. The minimum absolute atomic E-state index is 0.326. The van der Waals surface area contributed by atoms with Gasteiger partial charge in [-0.1, -0.05) is 28.1 Å². The van der Waals surface area contributed by atoms with Crippen LogP contribution in [0.15, 0.2) is 21.1 Å². The number of rotatable bonds is 1. The van der Waals surface area contributed by atoms with Crippen LogP contribution in [-0.4, -0.2) is 4.99 Å². The molecule has 0 saturated heterocycles. The smallest absolute Gasteiger partial charge is 0.140 e. The highest BCUT2D eigenvalue weighted by Gasteiger charge is 2.07. The lowest BCUT2D eigenvalue weighted by atomic mass is 10.3. The summed E-state index contributed by atoms with van der Waals surface area (Å²) in [5.41, 5.74) is 0.624. The Labute approximate surface area is 98.0 Å². The van der Waals surface area contributed by atoms with Crippen LogP contribution in [-0.2, 0) is 0 Å². The maximum atomic E-state index is 13.1. The number of benzene rings is 1. The van der Waals surface area contributed by atoms with Crippen molar-refractivity contribution in [1.29, 1.82) is 0 Å². The second-order valence-corrected chi connectivity index (χ2v) is 4.75. The molecule has 70 valence electrons. The Morgan fingerprint density at radius 3 is 2.62 bits per heavy atom. The lowest BCUT2D eigenvalue weighted by Crippen LogP contribution is -2.04. The average molecular weight is 327 g/mol. The number of anilines is 1. The maximum Gasteiger partial charge on any atom is 0.140 e. The van der Waals surface area contributed by atoms with Crippen LogP contribution in [0.1, 0.15) is 6.92 Å². The van der Waals surface area contributed by atoms with Crippen LogP contribution >= 0.6 is 44.1 Å². The van der Waals surface area contributed by atoms with Gasteiger partial charge in [0.2, 0.25) is 0 Å². The van der Waals surface area contributed by atoms with E-state index < -0.39 is 0 Å². The van der Waals surface area contributed by atoms with E-state index in [2.05, 4.69) is 37.2 Å². The maximum absolute atomic E-state index is 13.1. The normalized spacial score (nSPS) is 9.85. The first-order valence-corrected chi connectivity index (χ1v) is 5.42. The zero-order chi connectivity index (χ0) is 10.0. The molecule has 0 fully saturated rings. The highest BCUT2D eigenvalue weighted by molar-refractivity contribution is 9.11. The molecule has 0 amide bonds. The van der Waals surface area contributed by atoms with Crippen molar-refractivity contribution in [1.82, 2.24) is 0 Å². The number of halogens is 3. The molecule has 1 aromatic rings. The molecule has 1 nitrogen and oxygen atoms in total. The Kier molecular flexibility index (Phi) is 3.82. The summed E-state index contributed by atoms with van der Waals surface area (Å²) in [5.74, 6) is -0.326. The second kappa shape index (κ2) is 4.48. The van der Waals surface area contributed by atoms with E-state index in [9.17, 15) is 4.39 Å². The van der Waals surface area contributed by atoms with Crippen molar-refractivity contribution in [3.63, 3.8) is 0 Å². The highest BCUT2D eigenvalue weighted by atomic mass is 79.9. The Morgan fingerprint density at radius 1 is 1.46 bits per heavy atom. The van der Waals surface area contributed by atoms with Gasteiger partial charge < -0.3 is 5.32 Å². The third kappa shape index (κ3) is 3.00. The predicted octanol–water partition coefficient (Wildman–Crippen LogP) is 4.11. The van der Waals surface area contributed by atoms with Gasteiger partial charge in [-0.05, 0) is 35.0 Å². The van der Waals surface area contributed by atoms with Crippen molar-refractivity contribution in [2.75, 3.05) is 5.32 Å². The van der Waals surface area contributed by atoms with Gasteiger partial charge in [0.25, 0.3) is 0 Å². The van der Waals surface area contributed by atoms with Gasteiger partial charge in [-0.2, -0.15) is 0 Å². The van der Waals surface area contributed by atoms with E-state index >= 15 is 0 Å². The number of thiocarbonyl (C=S) groups is 1. The molecule has 1 rings (SSSR count). The van der Waals surface area contributed by atoms with Gasteiger partial charge in [0, 0.05) is 4.47 Å². The monoisotopic (exact) mass is 325 g/mol. The molecule has 0 radical (unpaired) electrons. The molecule has 0 aliphatic carbocycles. The summed E-state index contributed by atoms with van der Waals surface area (Å²) >= 11 is 11.2. The second-order valence-electron chi connectivity index (χ2n) is 2.43. The molecule has 13 heavy (non-hydrogen) atoms. The van der Waals surface area contributed by atoms with Crippen molar-refractivity contribution in [2.24, 2.45) is 0 Å². The summed E-state index contributed by atoms with van der Waals surface area (Å²) in [6, 6.07) is 3.14. The van der Waals surface area contributed by atoms with Gasteiger partial charge in [-0.3, -0.25) is 0 Å². The summed E-state index contributed by atoms with van der Waals surface area (Å²) in [7, 11) is 0. The van der Waals surface area contributed by atoms with Crippen LogP contribution < -0.4 is 5.32 Å². The standard InChI is InChI=1S/C8H6Br2FNS/c1-4(13)12-7-3-5(9)2-6(11)8(7)10/h2-3H,1H3,(H,12,13). The third-order valence-corrected chi connectivity index (χ3v) is 2.67. The van der Waals surface area contributed by atoms with E-state index in [0.29, 0.717) is 19.6 Å². The Hall–Kier alpha value is -0.0000000000000000555. The fourth-order valence-electron chi connectivity index (χ4n) is 0.837. The largest absolute Gasteiger partial charge is 0.349 e. The van der Waals surface area contributed by atoms with Gasteiger partial charge >= 0.3 is 0 Å². The minimum Gasteiger partial charge on any atom is -0.349 e. The zero-order valence-corrected chi connectivity index (χ0v) is 10.7. The number of hydrogen-bond acceptors (Lipinski definition) is 1. The molecule has 0 saturated carbocycles. The fraction of sp³-hybridized carbons (Fsp3) is 0.125. The topological polar surface area (TPSA) is 12.0 Å². The summed E-state index contributed by atoms with van der Waals surface area (Å²) in [4.78, 5) is 0.596. The highest BCUT2D eigenvalue weighted by Crippen LogP contribution is 2.29. The van der Waals surface area contributed by atoms with Gasteiger partial charge in [0.1, 0.15) is 5.82 Å². The molecular formula is C8H6Br2FNS. The van der Waals surface area contributed by atoms with E-state index in [1.807, 2.05) is 0 Å². The van der Waals surface area contributed by atoms with E-state index in [4.69, 9.17) is 12.2 Å². The Bertz CT molecular complexity index is 354. The lowest BCUT2D eigenvalue weighted by molar-refractivity contribution is 0.621. The quantitative estimate of drug-likeness (QED) is 0.615. The van der Waals surface area contributed by atoms with Crippen molar-refractivity contribution >= 4 is 54.8 Å². The van der Waals surface area contributed by atoms with Crippen LogP contribution in [0.2, 0.25) is 0 Å². The first kappa shape index (κ1) is 11.1. The summed E-state index contributed by atoms with van der Waals surface area (Å²) in [5, 5.41) is 2.87. The molecule has 0 bridgehead atoms. The fourth-order valence-corrected chi connectivity index (χ4v) is 1.70. The molecule has 0 unspecified atom stereocenters. The van der Waals surface area contributed by atoms with E-state index in [0.717, 1.165) is 0 Å². The average Bonchev–Trinajstić information content (AvgIpc) is 1.98. The summed E-state index contributed by atoms with van der Waals surface area (Å²) < 4.78 is 14.2. The van der Waals surface area contributed by atoms with Crippen molar-refractivity contribution in [3.8, 4) is 0 Å². The van der Waals surface area contributed by atoms with Gasteiger partial charge in [0.05, 0.1) is 15.1 Å². The SMILES string of the molecule is CC(=S)Nc1cc(Br)cc(F)c1Br. The first-order valence-electron chi connectivity index (χ1n) is 3.43. The van der Waals surface area contributed by atoms with Gasteiger partial charge in [-0.25, -0.2) is 4.39 Å². The molecule has 0 atom stereocenters. The molecule has 0 aliphatic heterocycles. The Morgan fingerprint density at radius 2 is 2.08 bits per heavy atom.